The highest BCUT2D eigenvalue weighted by atomic mass is 35.5. The van der Waals surface area contributed by atoms with Crippen LogP contribution >= 0.6 is 11.6 Å². The van der Waals surface area contributed by atoms with Crippen molar-refractivity contribution in [3.63, 3.8) is 0 Å². The summed E-state index contributed by atoms with van der Waals surface area (Å²) in [5.74, 6) is 0.791. The molecule has 0 aliphatic carbocycles. The molecule has 11 heavy (non-hydrogen) atoms. The zero-order valence-corrected chi connectivity index (χ0v) is 7.95. The first-order chi connectivity index (χ1) is 5.20. The average Bonchev–Trinajstić information content (AvgIpc) is 2.00. The summed E-state index contributed by atoms with van der Waals surface area (Å²) in [4.78, 5) is 10.8. The Bertz CT molecular complexity index is 117. The molecule has 0 aromatic carbocycles. The van der Waals surface area contributed by atoms with Gasteiger partial charge in [0.1, 0.15) is 0 Å². The largest absolute Gasteiger partial charge is 0.354 e. The van der Waals surface area contributed by atoms with Gasteiger partial charge >= 0.3 is 0 Å². The predicted octanol–water partition coefficient (Wildman–Crippen LogP) is 1.92. The summed E-state index contributed by atoms with van der Waals surface area (Å²) in [5, 5.41) is 2.87. The Morgan fingerprint density at radius 3 is 2.73 bits per heavy atom. The molecular formula is C8H16ClNO. The van der Waals surface area contributed by atoms with Crippen LogP contribution in [0.2, 0.25) is 0 Å². The van der Waals surface area contributed by atoms with Crippen LogP contribution in [-0.4, -0.2) is 17.8 Å². The van der Waals surface area contributed by atoms with Crippen molar-refractivity contribution in [1.82, 2.24) is 5.32 Å². The SMILES string of the molecule is CCC(=O)NC(C)CCCCl. The quantitative estimate of drug-likeness (QED) is 0.639. The summed E-state index contributed by atoms with van der Waals surface area (Å²) < 4.78 is 0. The third kappa shape index (κ3) is 6.17. The summed E-state index contributed by atoms with van der Waals surface area (Å²) in [6, 6.07) is 0.265. The van der Waals surface area contributed by atoms with E-state index in [1.54, 1.807) is 0 Å². The Morgan fingerprint density at radius 1 is 1.64 bits per heavy atom. The van der Waals surface area contributed by atoms with Crippen molar-refractivity contribution in [3.8, 4) is 0 Å². The molecule has 0 saturated heterocycles. The lowest BCUT2D eigenvalue weighted by molar-refractivity contribution is -0.121. The van der Waals surface area contributed by atoms with Gasteiger partial charge in [-0.1, -0.05) is 6.92 Å². The van der Waals surface area contributed by atoms with Crippen LogP contribution < -0.4 is 5.32 Å². The lowest BCUT2D eigenvalue weighted by Crippen LogP contribution is -2.31. The van der Waals surface area contributed by atoms with Crippen LogP contribution in [0.4, 0.5) is 0 Å². The van der Waals surface area contributed by atoms with Crippen LogP contribution in [0.3, 0.4) is 0 Å². The molecule has 1 N–H and O–H groups in total. The van der Waals surface area contributed by atoms with Gasteiger partial charge in [0.15, 0.2) is 0 Å². The Hall–Kier alpha value is -0.240. The second-order valence-corrected chi connectivity index (χ2v) is 3.03. The minimum absolute atomic E-state index is 0.118. The molecule has 0 fully saturated rings. The molecule has 0 aromatic heterocycles. The van der Waals surface area contributed by atoms with Gasteiger partial charge in [-0.15, -0.1) is 11.6 Å². The number of carbonyl (C=O) groups is 1. The second kappa shape index (κ2) is 6.47. The highest BCUT2D eigenvalue weighted by Gasteiger charge is 2.03. The molecule has 1 amide bonds. The normalized spacial score (nSPS) is 12.6. The first-order valence-electron chi connectivity index (χ1n) is 4.06. The van der Waals surface area contributed by atoms with Gasteiger partial charge in [0.2, 0.25) is 5.91 Å². The topological polar surface area (TPSA) is 29.1 Å². The summed E-state index contributed by atoms with van der Waals surface area (Å²) in [7, 11) is 0. The van der Waals surface area contributed by atoms with Crippen LogP contribution in [-0.2, 0) is 4.79 Å². The number of hydrogen-bond acceptors (Lipinski definition) is 1. The lowest BCUT2D eigenvalue weighted by atomic mass is 10.2. The van der Waals surface area contributed by atoms with Crippen LogP contribution in [0.15, 0.2) is 0 Å². The van der Waals surface area contributed by atoms with E-state index in [4.69, 9.17) is 11.6 Å². The summed E-state index contributed by atoms with van der Waals surface area (Å²) >= 11 is 5.50. The Kier molecular flexibility index (Phi) is 6.33. The minimum Gasteiger partial charge on any atom is -0.354 e. The van der Waals surface area contributed by atoms with Crippen LogP contribution in [0.1, 0.15) is 33.1 Å². The van der Waals surface area contributed by atoms with Crippen LogP contribution in [0, 0.1) is 0 Å². The third-order valence-electron chi connectivity index (χ3n) is 1.50. The van der Waals surface area contributed by atoms with Crippen molar-refractivity contribution in [1.29, 1.82) is 0 Å². The third-order valence-corrected chi connectivity index (χ3v) is 1.77. The summed E-state index contributed by atoms with van der Waals surface area (Å²) in [6.45, 7) is 3.85. The monoisotopic (exact) mass is 177 g/mol. The number of nitrogens with one attached hydrogen (secondary N) is 1. The first-order valence-corrected chi connectivity index (χ1v) is 4.59. The maximum absolute atomic E-state index is 10.8. The van der Waals surface area contributed by atoms with Crippen LogP contribution in [0.5, 0.6) is 0 Å². The van der Waals surface area contributed by atoms with Crippen molar-refractivity contribution in [2.24, 2.45) is 0 Å². The number of carbonyl (C=O) groups excluding carboxylic acids is 1. The van der Waals surface area contributed by atoms with Gasteiger partial charge in [-0.2, -0.15) is 0 Å². The highest BCUT2D eigenvalue weighted by molar-refractivity contribution is 6.17. The highest BCUT2D eigenvalue weighted by Crippen LogP contribution is 1.97. The summed E-state index contributed by atoms with van der Waals surface area (Å²) in [6.07, 6.45) is 2.49. The van der Waals surface area contributed by atoms with Crippen molar-refractivity contribution in [3.05, 3.63) is 0 Å². The van der Waals surface area contributed by atoms with Crippen molar-refractivity contribution in [2.45, 2.75) is 39.2 Å². The smallest absolute Gasteiger partial charge is 0.219 e. The Labute approximate surface area is 73.3 Å². The Morgan fingerprint density at radius 2 is 2.27 bits per heavy atom. The second-order valence-electron chi connectivity index (χ2n) is 2.65. The van der Waals surface area contributed by atoms with E-state index in [1.807, 2.05) is 13.8 Å². The standard InChI is InChI=1S/C8H16ClNO/c1-3-8(11)10-7(2)5-4-6-9/h7H,3-6H2,1-2H3,(H,10,11). The van der Waals surface area contributed by atoms with Crippen molar-refractivity contribution < 1.29 is 4.79 Å². The molecule has 0 bridgehead atoms. The molecule has 3 heteroatoms. The van der Waals surface area contributed by atoms with Gasteiger partial charge in [0.05, 0.1) is 0 Å². The molecule has 0 aliphatic rings. The molecule has 0 rings (SSSR count). The maximum atomic E-state index is 10.8. The molecule has 2 nitrogen and oxygen atoms in total. The molecule has 1 atom stereocenters. The minimum atomic E-state index is 0.118. The van der Waals surface area contributed by atoms with Gasteiger partial charge in [0, 0.05) is 18.3 Å². The van der Waals surface area contributed by atoms with Crippen molar-refractivity contribution >= 4 is 17.5 Å². The van der Waals surface area contributed by atoms with E-state index >= 15 is 0 Å². The molecule has 0 aliphatic heterocycles. The van der Waals surface area contributed by atoms with Gasteiger partial charge in [-0.25, -0.2) is 0 Å². The van der Waals surface area contributed by atoms with E-state index in [-0.39, 0.29) is 11.9 Å². The predicted molar refractivity (Wildman–Crippen MR) is 47.8 cm³/mol. The molecule has 0 heterocycles. The number of rotatable bonds is 5. The van der Waals surface area contributed by atoms with E-state index < -0.39 is 0 Å². The molecule has 0 saturated carbocycles. The molecular weight excluding hydrogens is 162 g/mol. The van der Waals surface area contributed by atoms with E-state index in [1.165, 1.54) is 0 Å². The van der Waals surface area contributed by atoms with E-state index in [9.17, 15) is 4.79 Å². The molecule has 0 radical (unpaired) electrons. The fraction of sp³-hybridized carbons (Fsp3) is 0.875. The number of amides is 1. The molecule has 1 unspecified atom stereocenters. The van der Waals surface area contributed by atoms with E-state index in [0.717, 1.165) is 12.8 Å². The van der Waals surface area contributed by atoms with Gasteiger partial charge in [0.25, 0.3) is 0 Å². The Balaban J connectivity index is 3.35. The van der Waals surface area contributed by atoms with Crippen molar-refractivity contribution in [2.75, 3.05) is 5.88 Å². The molecule has 0 spiro atoms. The zero-order valence-electron chi connectivity index (χ0n) is 7.19. The fourth-order valence-corrected chi connectivity index (χ4v) is 0.987. The number of alkyl halides is 1. The number of halogens is 1. The molecule has 66 valence electrons. The lowest BCUT2D eigenvalue weighted by Gasteiger charge is -2.11. The number of hydrogen-bond donors (Lipinski definition) is 1. The average molecular weight is 178 g/mol. The fourth-order valence-electron chi connectivity index (χ4n) is 0.832. The summed E-state index contributed by atoms with van der Waals surface area (Å²) in [5.41, 5.74) is 0. The van der Waals surface area contributed by atoms with E-state index in [2.05, 4.69) is 5.32 Å². The molecule has 0 aromatic rings. The van der Waals surface area contributed by atoms with Gasteiger partial charge in [-0.3, -0.25) is 4.79 Å². The van der Waals surface area contributed by atoms with Gasteiger partial charge in [-0.05, 0) is 19.8 Å². The zero-order chi connectivity index (χ0) is 8.69. The van der Waals surface area contributed by atoms with Crippen LogP contribution in [0.25, 0.3) is 0 Å². The maximum Gasteiger partial charge on any atom is 0.219 e. The first kappa shape index (κ1) is 10.8. The van der Waals surface area contributed by atoms with E-state index in [0.29, 0.717) is 12.3 Å². The van der Waals surface area contributed by atoms with Gasteiger partial charge < -0.3 is 5.32 Å².